The summed E-state index contributed by atoms with van der Waals surface area (Å²) < 4.78 is 17.5. The number of fused-ring (bicyclic) bond motifs is 2. The summed E-state index contributed by atoms with van der Waals surface area (Å²) in [4.78, 5) is 27.0. The van der Waals surface area contributed by atoms with Gasteiger partial charge in [-0.1, -0.05) is 92.9 Å². The molecule has 2 aromatic carbocycles. The highest BCUT2D eigenvalue weighted by atomic mass is 16.7. The van der Waals surface area contributed by atoms with Gasteiger partial charge in [-0.15, -0.1) is 6.58 Å². The van der Waals surface area contributed by atoms with Gasteiger partial charge in [-0.05, 0) is 56.3 Å². The van der Waals surface area contributed by atoms with Crippen LogP contribution in [0.15, 0.2) is 73.3 Å². The lowest BCUT2D eigenvalue weighted by Gasteiger charge is -2.38. The van der Waals surface area contributed by atoms with Crippen LogP contribution < -0.4 is 0 Å². The summed E-state index contributed by atoms with van der Waals surface area (Å²) in [5.74, 6) is 1.37. The van der Waals surface area contributed by atoms with Crippen molar-refractivity contribution >= 4 is 12.1 Å². The molecule has 2 fully saturated rings. The predicted molar refractivity (Wildman–Crippen MR) is 144 cm³/mol. The highest BCUT2D eigenvalue weighted by Crippen LogP contribution is 2.50. The zero-order valence-corrected chi connectivity index (χ0v) is 22.0. The van der Waals surface area contributed by atoms with E-state index in [4.69, 9.17) is 14.2 Å². The Morgan fingerprint density at radius 3 is 2.08 bits per heavy atom. The Balaban J connectivity index is 1.59. The van der Waals surface area contributed by atoms with Crippen LogP contribution in [-0.2, 0) is 24.6 Å². The number of ether oxygens (including phenoxy) is 3. The number of benzene rings is 2. The van der Waals surface area contributed by atoms with Gasteiger partial charge >= 0.3 is 12.1 Å². The molecule has 2 aliphatic carbocycles. The standard InChI is InChI=1S/C32H40O5/c1-3-5-9-18-29-24-19-20-25(29)23-28(22-24)36-30(33)32(26-14-10-7-11-15-26,27-16-12-8-13-17-27)37-31(34)35-21-6-4-2/h4,7-8,10-17,24-25,28-29H,2-3,5-6,9,18-23H2,1H3. The van der Waals surface area contributed by atoms with E-state index in [0.717, 1.165) is 18.8 Å². The van der Waals surface area contributed by atoms with Crippen LogP contribution in [0, 0.1) is 17.8 Å². The second-order valence-corrected chi connectivity index (χ2v) is 10.4. The van der Waals surface area contributed by atoms with Crippen LogP contribution in [-0.4, -0.2) is 24.8 Å². The normalized spacial score (nSPS) is 22.7. The predicted octanol–water partition coefficient (Wildman–Crippen LogP) is 7.59. The average Bonchev–Trinajstić information content (AvgIpc) is 3.16. The summed E-state index contributed by atoms with van der Waals surface area (Å²) in [6, 6.07) is 18.2. The monoisotopic (exact) mass is 504 g/mol. The lowest BCUT2D eigenvalue weighted by Crippen LogP contribution is -2.45. The Morgan fingerprint density at radius 2 is 1.54 bits per heavy atom. The topological polar surface area (TPSA) is 61.8 Å². The molecule has 5 heteroatoms. The molecular formula is C32H40O5. The van der Waals surface area contributed by atoms with Gasteiger partial charge in [-0.25, -0.2) is 9.59 Å². The number of carbonyl (C=O) groups is 2. The minimum atomic E-state index is -1.76. The van der Waals surface area contributed by atoms with Crippen LogP contribution in [0.2, 0.25) is 0 Å². The van der Waals surface area contributed by atoms with Gasteiger partial charge in [-0.3, -0.25) is 0 Å². The highest BCUT2D eigenvalue weighted by Gasteiger charge is 2.51. The van der Waals surface area contributed by atoms with Crippen molar-refractivity contribution < 1.29 is 23.8 Å². The van der Waals surface area contributed by atoms with Gasteiger partial charge in [-0.2, -0.15) is 0 Å². The van der Waals surface area contributed by atoms with E-state index in [1.807, 2.05) is 36.4 Å². The van der Waals surface area contributed by atoms with Gasteiger partial charge in [0, 0.05) is 11.1 Å². The number of esters is 1. The second-order valence-electron chi connectivity index (χ2n) is 10.4. The van der Waals surface area contributed by atoms with E-state index in [1.165, 1.54) is 38.5 Å². The van der Waals surface area contributed by atoms with Crippen LogP contribution in [0.5, 0.6) is 0 Å². The molecule has 0 radical (unpaired) electrons. The maximum absolute atomic E-state index is 14.2. The molecule has 2 saturated carbocycles. The minimum absolute atomic E-state index is 0.127. The molecule has 0 aliphatic heterocycles. The fourth-order valence-corrected chi connectivity index (χ4v) is 6.32. The van der Waals surface area contributed by atoms with Crippen molar-refractivity contribution in [3.8, 4) is 0 Å². The van der Waals surface area contributed by atoms with Crippen molar-refractivity contribution in [2.45, 2.75) is 76.4 Å². The van der Waals surface area contributed by atoms with Gasteiger partial charge in [0.15, 0.2) is 0 Å². The molecule has 0 saturated heterocycles. The van der Waals surface area contributed by atoms with E-state index >= 15 is 0 Å². The molecule has 2 aromatic rings. The molecule has 2 bridgehead atoms. The minimum Gasteiger partial charge on any atom is -0.459 e. The zero-order chi connectivity index (χ0) is 26.1. The van der Waals surface area contributed by atoms with E-state index in [2.05, 4.69) is 13.5 Å². The molecule has 2 unspecified atom stereocenters. The molecule has 5 nitrogen and oxygen atoms in total. The van der Waals surface area contributed by atoms with Gasteiger partial charge in [0.2, 0.25) is 0 Å². The number of hydrogen-bond acceptors (Lipinski definition) is 5. The molecule has 2 aliphatic rings. The van der Waals surface area contributed by atoms with Crippen molar-refractivity contribution in [1.29, 1.82) is 0 Å². The molecule has 0 spiro atoms. The average molecular weight is 505 g/mol. The Bertz CT molecular complexity index is 964. The first-order valence-corrected chi connectivity index (χ1v) is 13.9. The molecule has 37 heavy (non-hydrogen) atoms. The van der Waals surface area contributed by atoms with Crippen molar-refractivity contribution in [1.82, 2.24) is 0 Å². The third-order valence-corrected chi connectivity index (χ3v) is 8.09. The van der Waals surface area contributed by atoms with Gasteiger partial charge in [0.05, 0.1) is 6.61 Å². The van der Waals surface area contributed by atoms with E-state index < -0.39 is 17.7 Å². The lowest BCUT2D eigenvalue weighted by molar-refractivity contribution is -0.173. The SMILES string of the molecule is C=CCCOC(=O)OC(C(=O)OC1CC2CCC(C1)C2CCCCC)(c1ccccc1)c1ccccc1. The van der Waals surface area contributed by atoms with E-state index in [1.54, 1.807) is 30.3 Å². The Morgan fingerprint density at radius 1 is 0.946 bits per heavy atom. The molecule has 0 aromatic heterocycles. The molecule has 0 amide bonds. The van der Waals surface area contributed by atoms with E-state index in [-0.39, 0.29) is 12.7 Å². The van der Waals surface area contributed by atoms with Gasteiger partial charge in [0.25, 0.3) is 5.60 Å². The van der Waals surface area contributed by atoms with Crippen LogP contribution >= 0.6 is 0 Å². The fraction of sp³-hybridized carbons (Fsp3) is 0.500. The summed E-state index contributed by atoms with van der Waals surface area (Å²) in [7, 11) is 0. The quantitative estimate of drug-likeness (QED) is 0.169. The van der Waals surface area contributed by atoms with Crippen LogP contribution in [0.4, 0.5) is 4.79 Å². The third-order valence-electron chi connectivity index (χ3n) is 8.09. The van der Waals surface area contributed by atoms with E-state index in [0.29, 0.717) is 29.4 Å². The van der Waals surface area contributed by atoms with Crippen LogP contribution in [0.25, 0.3) is 0 Å². The van der Waals surface area contributed by atoms with Crippen molar-refractivity contribution in [3.05, 3.63) is 84.4 Å². The maximum Gasteiger partial charge on any atom is 0.510 e. The van der Waals surface area contributed by atoms with Crippen LogP contribution in [0.3, 0.4) is 0 Å². The number of rotatable bonds is 12. The summed E-state index contributed by atoms with van der Waals surface area (Å²) in [6.07, 6.45) is 10.3. The van der Waals surface area contributed by atoms with E-state index in [9.17, 15) is 9.59 Å². The third kappa shape index (κ3) is 6.26. The summed E-state index contributed by atoms with van der Waals surface area (Å²) in [5.41, 5.74) is -0.698. The summed E-state index contributed by atoms with van der Waals surface area (Å²) >= 11 is 0. The zero-order valence-electron chi connectivity index (χ0n) is 22.0. The van der Waals surface area contributed by atoms with Gasteiger partial charge < -0.3 is 14.2 Å². The first kappa shape index (κ1) is 27.0. The Hall–Kier alpha value is -3.08. The first-order chi connectivity index (χ1) is 18.1. The second kappa shape index (κ2) is 12.9. The highest BCUT2D eigenvalue weighted by molar-refractivity contribution is 5.88. The maximum atomic E-state index is 14.2. The van der Waals surface area contributed by atoms with Crippen LogP contribution in [0.1, 0.15) is 75.8 Å². The molecule has 198 valence electrons. The van der Waals surface area contributed by atoms with Crippen molar-refractivity contribution in [2.24, 2.45) is 17.8 Å². The largest absolute Gasteiger partial charge is 0.510 e. The smallest absolute Gasteiger partial charge is 0.459 e. The molecule has 0 N–H and O–H groups in total. The molecule has 2 atom stereocenters. The summed E-state index contributed by atoms with van der Waals surface area (Å²) in [5, 5.41) is 0. The van der Waals surface area contributed by atoms with Gasteiger partial charge in [0.1, 0.15) is 6.10 Å². The van der Waals surface area contributed by atoms with Crippen molar-refractivity contribution in [3.63, 3.8) is 0 Å². The first-order valence-electron chi connectivity index (χ1n) is 13.9. The molecule has 0 heterocycles. The van der Waals surface area contributed by atoms with Crippen molar-refractivity contribution in [2.75, 3.05) is 6.61 Å². The molecular weight excluding hydrogens is 464 g/mol. The fourth-order valence-electron chi connectivity index (χ4n) is 6.32. The Kier molecular flexibility index (Phi) is 9.43. The lowest BCUT2D eigenvalue weighted by atomic mass is 9.74. The number of unbranched alkanes of at least 4 members (excludes halogenated alkanes) is 2. The summed E-state index contributed by atoms with van der Waals surface area (Å²) in [6.45, 7) is 6.03. The number of hydrogen-bond donors (Lipinski definition) is 0. The molecule has 4 rings (SSSR count). The number of carbonyl (C=O) groups excluding carboxylic acids is 2. The Labute approximate surface area is 221 Å².